The second-order valence-corrected chi connectivity index (χ2v) is 7.32. The highest BCUT2D eigenvalue weighted by molar-refractivity contribution is 8.00. The molecule has 2 unspecified atom stereocenters. The fourth-order valence-electron chi connectivity index (χ4n) is 2.65. The van der Waals surface area contributed by atoms with Gasteiger partial charge in [-0.1, -0.05) is 54.6 Å². The monoisotopic (exact) mass is 335 g/mol. The van der Waals surface area contributed by atoms with Crippen molar-refractivity contribution in [2.45, 2.75) is 30.0 Å². The molecular weight excluding hydrogens is 314 g/mol. The number of hydrogen-bond acceptors (Lipinski definition) is 2. The minimum absolute atomic E-state index is 0.0130. The summed E-state index contributed by atoms with van der Waals surface area (Å²) in [6.07, 6.45) is 0. The van der Waals surface area contributed by atoms with Crippen LogP contribution in [-0.2, 0) is 4.79 Å². The molecule has 3 aromatic carbocycles. The van der Waals surface area contributed by atoms with Crippen molar-refractivity contribution < 1.29 is 4.79 Å². The number of hydrogen-bond donors (Lipinski definition) is 1. The lowest BCUT2D eigenvalue weighted by Gasteiger charge is -2.18. The number of rotatable bonds is 5. The van der Waals surface area contributed by atoms with Gasteiger partial charge in [0.25, 0.3) is 0 Å². The normalized spacial score (nSPS) is 13.4. The summed E-state index contributed by atoms with van der Waals surface area (Å²) in [5.74, 6) is 0.0597. The zero-order valence-electron chi connectivity index (χ0n) is 13.9. The van der Waals surface area contributed by atoms with Crippen molar-refractivity contribution in [2.24, 2.45) is 0 Å². The standard InChI is InChI=1S/C21H21NOS/c1-15(18-13-12-17-8-6-7-9-19(17)14-18)22-21(23)16(2)24-20-10-4-3-5-11-20/h3-16H,1-2H3,(H,22,23). The van der Waals surface area contributed by atoms with E-state index in [0.717, 1.165) is 10.5 Å². The number of thioether (sulfide) groups is 1. The Bertz CT molecular complexity index is 831. The second kappa shape index (κ2) is 7.54. The summed E-state index contributed by atoms with van der Waals surface area (Å²) >= 11 is 1.58. The fourth-order valence-corrected chi connectivity index (χ4v) is 3.55. The van der Waals surface area contributed by atoms with Crippen LogP contribution < -0.4 is 5.32 Å². The summed E-state index contributed by atoms with van der Waals surface area (Å²) in [5.41, 5.74) is 1.12. The third kappa shape index (κ3) is 3.98. The molecule has 122 valence electrons. The molecule has 0 aliphatic heterocycles. The predicted molar refractivity (Wildman–Crippen MR) is 102 cm³/mol. The van der Waals surface area contributed by atoms with E-state index in [4.69, 9.17) is 0 Å². The third-order valence-electron chi connectivity index (χ3n) is 4.06. The molecule has 3 aromatic rings. The average molecular weight is 335 g/mol. The van der Waals surface area contributed by atoms with Crippen LogP contribution in [0.3, 0.4) is 0 Å². The molecule has 0 radical (unpaired) electrons. The smallest absolute Gasteiger partial charge is 0.233 e. The van der Waals surface area contributed by atoms with Crippen LogP contribution in [0.15, 0.2) is 77.7 Å². The van der Waals surface area contributed by atoms with E-state index in [-0.39, 0.29) is 17.2 Å². The van der Waals surface area contributed by atoms with E-state index in [1.165, 1.54) is 10.8 Å². The molecule has 2 nitrogen and oxygen atoms in total. The maximum atomic E-state index is 12.5. The number of benzene rings is 3. The quantitative estimate of drug-likeness (QED) is 0.650. The summed E-state index contributed by atoms with van der Waals surface area (Å²) < 4.78 is 0. The van der Waals surface area contributed by atoms with E-state index in [9.17, 15) is 4.79 Å². The van der Waals surface area contributed by atoms with Crippen molar-refractivity contribution in [3.05, 3.63) is 78.4 Å². The van der Waals surface area contributed by atoms with Gasteiger partial charge in [0.15, 0.2) is 0 Å². The van der Waals surface area contributed by atoms with E-state index in [2.05, 4.69) is 35.6 Å². The number of carbonyl (C=O) groups is 1. The van der Waals surface area contributed by atoms with Crippen LogP contribution in [0, 0.1) is 0 Å². The molecule has 0 bridgehead atoms. The first-order valence-electron chi connectivity index (χ1n) is 8.14. The van der Waals surface area contributed by atoms with Gasteiger partial charge in [-0.05, 0) is 48.4 Å². The van der Waals surface area contributed by atoms with Gasteiger partial charge in [-0.3, -0.25) is 4.79 Å². The Morgan fingerprint density at radius 3 is 2.29 bits per heavy atom. The number of fused-ring (bicyclic) bond motifs is 1. The SMILES string of the molecule is CC(Sc1ccccc1)C(=O)NC(C)c1ccc2ccccc2c1. The third-order valence-corrected chi connectivity index (χ3v) is 5.17. The Morgan fingerprint density at radius 2 is 1.54 bits per heavy atom. The van der Waals surface area contributed by atoms with Gasteiger partial charge in [0.05, 0.1) is 11.3 Å². The molecule has 0 fully saturated rings. The predicted octanol–water partition coefficient (Wildman–Crippen LogP) is 5.20. The van der Waals surface area contributed by atoms with Crippen LogP contribution in [0.1, 0.15) is 25.5 Å². The molecule has 0 saturated carbocycles. The summed E-state index contributed by atoms with van der Waals surface area (Å²) in [5, 5.41) is 5.40. The fraction of sp³-hybridized carbons (Fsp3) is 0.190. The van der Waals surface area contributed by atoms with Crippen LogP contribution in [0.2, 0.25) is 0 Å². The highest BCUT2D eigenvalue weighted by Gasteiger charge is 2.17. The van der Waals surface area contributed by atoms with Gasteiger partial charge >= 0.3 is 0 Å². The van der Waals surface area contributed by atoms with Crippen LogP contribution in [0.25, 0.3) is 10.8 Å². The first-order valence-corrected chi connectivity index (χ1v) is 9.02. The molecule has 3 heteroatoms. The van der Waals surface area contributed by atoms with Crippen molar-refractivity contribution in [1.29, 1.82) is 0 Å². The Hall–Kier alpha value is -2.26. The molecule has 0 aliphatic carbocycles. The Labute approximate surface area is 147 Å². The Balaban J connectivity index is 1.66. The molecule has 24 heavy (non-hydrogen) atoms. The molecule has 0 spiro atoms. The molecule has 2 atom stereocenters. The number of nitrogens with one attached hydrogen (secondary N) is 1. The lowest BCUT2D eigenvalue weighted by atomic mass is 10.0. The summed E-state index contributed by atoms with van der Waals surface area (Å²) in [7, 11) is 0. The van der Waals surface area contributed by atoms with E-state index in [1.54, 1.807) is 11.8 Å². The largest absolute Gasteiger partial charge is 0.349 e. The Kier molecular flexibility index (Phi) is 5.21. The van der Waals surface area contributed by atoms with Crippen LogP contribution in [-0.4, -0.2) is 11.2 Å². The minimum Gasteiger partial charge on any atom is -0.349 e. The van der Waals surface area contributed by atoms with Gasteiger partial charge in [-0.15, -0.1) is 11.8 Å². The van der Waals surface area contributed by atoms with Gasteiger partial charge < -0.3 is 5.32 Å². The van der Waals surface area contributed by atoms with Crippen LogP contribution in [0.5, 0.6) is 0 Å². The zero-order chi connectivity index (χ0) is 16.9. The maximum Gasteiger partial charge on any atom is 0.233 e. The molecule has 1 N–H and O–H groups in total. The van der Waals surface area contributed by atoms with Gasteiger partial charge in [0, 0.05) is 4.90 Å². The first-order chi connectivity index (χ1) is 11.6. The molecule has 0 aromatic heterocycles. The summed E-state index contributed by atoms with van der Waals surface area (Å²) in [4.78, 5) is 13.6. The van der Waals surface area contributed by atoms with Crippen LogP contribution >= 0.6 is 11.8 Å². The first kappa shape index (κ1) is 16.6. The highest BCUT2D eigenvalue weighted by atomic mass is 32.2. The van der Waals surface area contributed by atoms with Crippen molar-refractivity contribution in [3.63, 3.8) is 0 Å². The number of amides is 1. The molecular formula is C21H21NOS. The van der Waals surface area contributed by atoms with E-state index in [1.807, 2.05) is 56.3 Å². The van der Waals surface area contributed by atoms with Gasteiger partial charge in [-0.2, -0.15) is 0 Å². The zero-order valence-corrected chi connectivity index (χ0v) is 14.7. The van der Waals surface area contributed by atoms with Gasteiger partial charge in [0.1, 0.15) is 0 Å². The highest BCUT2D eigenvalue weighted by Crippen LogP contribution is 2.24. The average Bonchev–Trinajstić information content (AvgIpc) is 2.62. The van der Waals surface area contributed by atoms with E-state index >= 15 is 0 Å². The molecule has 0 saturated heterocycles. The maximum absolute atomic E-state index is 12.5. The topological polar surface area (TPSA) is 29.1 Å². The molecule has 3 rings (SSSR count). The summed E-state index contributed by atoms with van der Waals surface area (Å²) in [6.45, 7) is 3.97. The molecule has 1 amide bonds. The summed E-state index contributed by atoms with van der Waals surface area (Å²) in [6, 6.07) is 24.6. The van der Waals surface area contributed by atoms with Crippen LogP contribution in [0.4, 0.5) is 0 Å². The van der Waals surface area contributed by atoms with Gasteiger partial charge in [0.2, 0.25) is 5.91 Å². The van der Waals surface area contributed by atoms with Gasteiger partial charge in [-0.25, -0.2) is 0 Å². The second-order valence-electron chi connectivity index (χ2n) is 5.91. The lowest BCUT2D eigenvalue weighted by Crippen LogP contribution is -2.33. The van der Waals surface area contributed by atoms with E-state index < -0.39 is 0 Å². The minimum atomic E-state index is -0.129. The van der Waals surface area contributed by atoms with Crippen molar-refractivity contribution >= 4 is 28.4 Å². The number of carbonyl (C=O) groups excluding carboxylic acids is 1. The lowest BCUT2D eigenvalue weighted by molar-refractivity contribution is -0.120. The van der Waals surface area contributed by atoms with Crippen molar-refractivity contribution in [3.8, 4) is 0 Å². The van der Waals surface area contributed by atoms with Crippen molar-refractivity contribution in [1.82, 2.24) is 5.32 Å². The molecule has 0 heterocycles. The van der Waals surface area contributed by atoms with Crippen molar-refractivity contribution in [2.75, 3.05) is 0 Å². The van der Waals surface area contributed by atoms with E-state index in [0.29, 0.717) is 0 Å². The Morgan fingerprint density at radius 1 is 0.875 bits per heavy atom. The molecule has 0 aliphatic rings.